The molecule has 52 heavy (non-hydrogen) atoms. The lowest BCUT2D eigenvalue weighted by atomic mass is 9.85. The van der Waals surface area contributed by atoms with E-state index in [-0.39, 0.29) is 24.4 Å². The zero-order chi connectivity index (χ0) is 38.2. The molecular weight excluding hydrogens is 689 g/mol. The Kier molecular flexibility index (Phi) is 10.4. The van der Waals surface area contributed by atoms with Gasteiger partial charge in [-0.1, -0.05) is 63.2 Å². The van der Waals surface area contributed by atoms with E-state index in [4.69, 9.17) is 4.74 Å². The predicted molar refractivity (Wildman–Crippen MR) is 191 cm³/mol. The van der Waals surface area contributed by atoms with Gasteiger partial charge in [-0.25, -0.2) is 14.5 Å². The largest absolute Gasteiger partial charge is 0.444 e. The molecule has 0 bridgehead atoms. The van der Waals surface area contributed by atoms with E-state index in [0.717, 1.165) is 11.1 Å². The number of sulfonamides is 1. The Morgan fingerprint density at radius 3 is 2.31 bits per heavy atom. The smallest absolute Gasteiger partial charge is 0.408 e. The molecule has 0 unspecified atom stereocenters. The number of ether oxygens (including phenoxy) is 1. The van der Waals surface area contributed by atoms with Crippen LogP contribution >= 0.6 is 0 Å². The van der Waals surface area contributed by atoms with E-state index in [2.05, 4.69) is 37.1 Å². The maximum Gasteiger partial charge on any atom is 0.408 e. The molecule has 1 aliphatic heterocycles. The number of rotatable bonds is 10. The summed E-state index contributed by atoms with van der Waals surface area (Å²) in [5, 5.41) is 14.2. The molecule has 1 aromatic carbocycles. The van der Waals surface area contributed by atoms with Crippen LogP contribution in [0.15, 0.2) is 72.5 Å². The number of hydrogen-bond acceptors (Lipinski definition) is 10. The van der Waals surface area contributed by atoms with Crippen molar-refractivity contribution in [3.8, 4) is 11.3 Å². The molecule has 3 heterocycles. The van der Waals surface area contributed by atoms with Crippen molar-refractivity contribution in [2.45, 2.75) is 95.6 Å². The Balaban J connectivity index is 1.44. The van der Waals surface area contributed by atoms with Crippen LogP contribution in [0.1, 0.15) is 66.0 Å². The normalized spacial score (nSPS) is 22.2. The summed E-state index contributed by atoms with van der Waals surface area (Å²) in [5.74, 6) is -2.79. The number of alkyl carbamates (subject to hydrolysis) is 1. The fourth-order valence-corrected chi connectivity index (χ4v) is 7.09. The number of pyridine rings is 1. The van der Waals surface area contributed by atoms with Gasteiger partial charge in [-0.2, -0.15) is 23.4 Å². The molecule has 278 valence electrons. The molecule has 4 amide bonds. The predicted octanol–water partition coefficient (Wildman–Crippen LogP) is 3.30. The van der Waals surface area contributed by atoms with Crippen LogP contribution in [0.5, 0.6) is 0 Å². The van der Waals surface area contributed by atoms with E-state index in [0.29, 0.717) is 5.69 Å². The first-order valence-electron chi connectivity index (χ1n) is 17.0. The second kappa shape index (κ2) is 14.1. The zero-order valence-corrected chi connectivity index (χ0v) is 31.2. The monoisotopic (exact) mass is 734 g/mol. The first-order valence-corrected chi connectivity index (χ1v) is 18.4. The fraction of sp³-hybridized carbons (Fsp3) is 0.472. The van der Waals surface area contributed by atoms with Crippen LogP contribution in [-0.2, 0) is 29.1 Å². The summed E-state index contributed by atoms with van der Waals surface area (Å²) in [6, 6.07) is 9.39. The van der Waals surface area contributed by atoms with Crippen LogP contribution in [0.2, 0.25) is 0 Å². The number of carbonyl (C=O) groups is 4. The van der Waals surface area contributed by atoms with Gasteiger partial charge in [0.2, 0.25) is 11.8 Å². The number of nitrogens with zero attached hydrogens (tertiary/aromatic N) is 5. The maximum atomic E-state index is 14.5. The van der Waals surface area contributed by atoms with Crippen LogP contribution in [0, 0.1) is 18.3 Å². The first-order chi connectivity index (χ1) is 24.2. The molecule has 2 aromatic heterocycles. The Bertz CT molecular complexity index is 1950. The van der Waals surface area contributed by atoms with Gasteiger partial charge in [0.05, 0.1) is 12.2 Å². The quantitative estimate of drug-likeness (QED) is 0.260. The van der Waals surface area contributed by atoms with Crippen LogP contribution < -0.4 is 15.4 Å². The molecule has 0 spiro atoms. The Morgan fingerprint density at radius 2 is 1.73 bits per heavy atom. The topological polar surface area (TPSA) is 195 Å². The number of hydrogen-bond donors (Lipinski definition) is 3. The van der Waals surface area contributed by atoms with Gasteiger partial charge in [-0.3, -0.25) is 14.4 Å². The van der Waals surface area contributed by atoms with Gasteiger partial charge in [0.15, 0.2) is 5.03 Å². The molecule has 15 nitrogen and oxygen atoms in total. The number of amides is 4. The summed E-state index contributed by atoms with van der Waals surface area (Å²) in [6.45, 7) is 16.0. The number of aryl methyl sites for hydroxylation is 1. The summed E-state index contributed by atoms with van der Waals surface area (Å²) >= 11 is 0. The van der Waals surface area contributed by atoms with Gasteiger partial charge >= 0.3 is 6.09 Å². The van der Waals surface area contributed by atoms with Crippen molar-refractivity contribution >= 4 is 33.8 Å². The van der Waals surface area contributed by atoms with Crippen LogP contribution in [0.3, 0.4) is 0 Å². The summed E-state index contributed by atoms with van der Waals surface area (Å²) in [5.41, 5.74) is -1.14. The minimum Gasteiger partial charge on any atom is -0.444 e. The van der Waals surface area contributed by atoms with Crippen LogP contribution in [0.4, 0.5) is 4.79 Å². The van der Waals surface area contributed by atoms with Crippen molar-refractivity contribution in [1.29, 1.82) is 0 Å². The number of aromatic nitrogens is 4. The lowest BCUT2D eigenvalue weighted by Gasteiger charge is -2.36. The molecule has 0 radical (unpaired) electrons. The average molecular weight is 735 g/mol. The highest BCUT2D eigenvalue weighted by Crippen LogP contribution is 2.45. The van der Waals surface area contributed by atoms with Crippen molar-refractivity contribution in [2.75, 3.05) is 6.54 Å². The van der Waals surface area contributed by atoms with E-state index in [1.807, 2.05) is 30.3 Å². The summed E-state index contributed by atoms with van der Waals surface area (Å²) < 4.78 is 33.7. The Morgan fingerprint density at radius 1 is 1.04 bits per heavy atom. The third kappa shape index (κ3) is 8.33. The molecular formula is C36H46N8O7S. The van der Waals surface area contributed by atoms with Crippen molar-refractivity contribution in [3.05, 3.63) is 73.1 Å². The van der Waals surface area contributed by atoms with Gasteiger partial charge in [-0.05, 0) is 51.2 Å². The third-order valence-electron chi connectivity index (χ3n) is 8.98. The van der Waals surface area contributed by atoms with Crippen molar-refractivity contribution in [1.82, 2.24) is 40.2 Å². The molecule has 1 saturated carbocycles. The van der Waals surface area contributed by atoms with Crippen molar-refractivity contribution in [2.24, 2.45) is 11.3 Å². The average Bonchev–Trinajstić information content (AvgIpc) is 3.35. The first kappa shape index (κ1) is 38.1. The second-order valence-corrected chi connectivity index (χ2v) is 17.0. The minimum absolute atomic E-state index is 0.0000357. The minimum atomic E-state index is -4.38. The highest BCUT2D eigenvalue weighted by atomic mass is 32.2. The zero-order valence-electron chi connectivity index (χ0n) is 30.4. The molecule has 16 heteroatoms. The summed E-state index contributed by atoms with van der Waals surface area (Å²) in [6.07, 6.45) is 3.77. The fourth-order valence-electron chi connectivity index (χ4n) is 6.12. The number of benzene rings is 1. The molecule has 1 aliphatic carbocycles. The van der Waals surface area contributed by atoms with E-state index in [1.54, 1.807) is 60.7 Å². The SMILES string of the molecule is C=C[C@@H]1C[C@@]1(NC(=O)[C@@H]1C[C@@H](n2ncc(-c3ccccc3)n2)CN1C(=O)[C@H](NC(=O)OC(C)(C)C)C(C)(C)C)C(=O)NS(=O)(=O)c1ccc(C)cn1. The molecule has 3 aromatic rings. The molecule has 2 aliphatic rings. The molecule has 1 saturated heterocycles. The number of nitrogens with one attached hydrogen (secondary N) is 3. The third-order valence-corrected chi connectivity index (χ3v) is 10.2. The van der Waals surface area contributed by atoms with E-state index >= 15 is 0 Å². The highest BCUT2D eigenvalue weighted by Gasteiger charge is 2.61. The van der Waals surface area contributed by atoms with Gasteiger partial charge in [0.25, 0.3) is 15.9 Å². The number of likely N-dealkylation sites (tertiary alicyclic amines) is 1. The van der Waals surface area contributed by atoms with Gasteiger partial charge in [-0.15, -0.1) is 6.58 Å². The van der Waals surface area contributed by atoms with E-state index in [1.165, 1.54) is 28.0 Å². The lowest BCUT2D eigenvalue weighted by molar-refractivity contribution is -0.143. The van der Waals surface area contributed by atoms with Gasteiger partial charge in [0.1, 0.15) is 28.9 Å². The van der Waals surface area contributed by atoms with E-state index in [9.17, 15) is 27.6 Å². The highest BCUT2D eigenvalue weighted by molar-refractivity contribution is 7.90. The number of carbonyl (C=O) groups excluding carboxylic acids is 4. The Hall–Kier alpha value is -5.12. The molecule has 3 N–H and O–H groups in total. The summed E-state index contributed by atoms with van der Waals surface area (Å²) in [4.78, 5) is 62.1. The van der Waals surface area contributed by atoms with Crippen molar-refractivity contribution < 1.29 is 32.3 Å². The lowest BCUT2D eigenvalue weighted by Crippen LogP contribution is -2.60. The maximum absolute atomic E-state index is 14.5. The van der Waals surface area contributed by atoms with Crippen LogP contribution in [-0.4, -0.2) is 86.9 Å². The van der Waals surface area contributed by atoms with Gasteiger partial charge < -0.3 is 20.3 Å². The molecule has 5 rings (SSSR count). The van der Waals surface area contributed by atoms with Crippen LogP contribution in [0.25, 0.3) is 11.3 Å². The van der Waals surface area contributed by atoms with Gasteiger partial charge in [0, 0.05) is 30.6 Å². The summed E-state index contributed by atoms with van der Waals surface area (Å²) in [7, 11) is -4.38. The standard InChI is InChI=1S/C36H46N8O7S/c1-9-24-18-36(24,32(47)42-52(49,50)28-16-15-22(2)19-37-28)40-30(45)27-17-25(44-38-20-26(41-44)23-13-11-10-12-14-23)21-43(27)31(46)29(34(3,4)5)39-33(48)51-35(6,7)8/h9-16,19-20,24-25,27,29H,1,17-18,21H2,2-8H3,(H,39,48)(H,40,45)(H,42,47)/t24-,25-,27+,29+,36+/m1/s1. The second-order valence-electron chi connectivity index (χ2n) is 15.4. The Labute approximate surface area is 303 Å². The molecule has 2 fully saturated rings. The van der Waals surface area contributed by atoms with Crippen molar-refractivity contribution in [3.63, 3.8) is 0 Å². The molecule has 5 atom stereocenters. The van der Waals surface area contributed by atoms with E-state index < -0.39 is 74.4 Å².